The second-order valence-corrected chi connectivity index (χ2v) is 5.75. The van der Waals surface area contributed by atoms with E-state index in [9.17, 15) is 19.7 Å². The van der Waals surface area contributed by atoms with Gasteiger partial charge in [-0.1, -0.05) is 0 Å². The van der Waals surface area contributed by atoms with Gasteiger partial charge in [0.2, 0.25) is 6.79 Å². The number of non-ortho nitro benzene ring substituents is 1. The van der Waals surface area contributed by atoms with E-state index in [4.69, 9.17) is 18.9 Å². The summed E-state index contributed by atoms with van der Waals surface area (Å²) >= 11 is 0. The number of hydrogen-bond donors (Lipinski definition) is 1. The van der Waals surface area contributed by atoms with Crippen LogP contribution in [0.5, 0.6) is 17.2 Å². The molecule has 2 aromatic carbocycles. The van der Waals surface area contributed by atoms with Crippen LogP contribution >= 0.6 is 0 Å². The number of nitrogens with one attached hydrogen (secondary N) is 1. The first-order valence-corrected chi connectivity index (χ1v) is 8.13. The van der Waals surface area contributed by atoms with E-state index >= 15 is 0 Å². The van der Waals surface area contributed by atoms with Crippen molar-refractivity contribution in [1.82, 2.24) is 0 Å². The Morgan fingerprint density at radius 3 is 2.64 bits per heavy atom. The molecule has 1 heterocycles. The quantitative estimate of drug-likeness (QED) is 0.454. The maximum Gasteiger partial charge on any atom is 0.339 e. The smallest absolute Gasteiger partial charge is 0.339 e. The number of anilines is 1. The lowest BCUT2D eigenvalue weighted by molar-refractivity contribution is -0.384. The van der Waals surface area contributed by atoms with Crippen LogP contribution < -0.4 is 19.5 Å². The van der Waals surface area contributed by atoms with E-state index in [1.807, 2.05) is 0 Å². The summed E-state index contributed by atoms with van der Waals surface area (Å²) in [6.07, 6.45) is -1.16. The first kappa shape index (κ1) is 19.0. The molecular formula is C18H16N2O8. The van der Waals surface area contributed by atoms with E-state index in [0.717, 1.165) is 6.07 Å². The Morgan fingerprint density at radius 2 is 1.93 bits per heavy atom. The van der Waals surface area contributed by atoms with Crippen LogP contribution in [0.2, 0.25) is 0 Å². The van der Waals surface area contributed by atoms with Gasteiger partial charge >= 0.3 is 5.97 Å². The van der Waals surface area contributed by atoms with Crippen molar-refractivity contribution in [3.63, 3.8) is 0 Å². The number of ether oxygens (including phenoxy) is 4. The molecule has 10 heteroatoms. The first-order valence-electron chi connectivity index (χ1n) is 8.13. The molecule has 1 aliphatic heterocycles. The van der Waals surface area contributed by atoms with E-state index < -0.39 is 22.9 Å². The summed E-state index contributed by atoms with van der Waals surface area (Å²) in [7, 11) is 1.36. The van der Waals surface area contributed by atoms with Gasteiger partial charge < -0.3 is 24.3 Å². The third-order valence-electron chi connectivity index (χ3n) is 3.91. The number of fused-ring (bicyclic) bond motifs is 1. The minimum atomic E-state index is -1.16. The molecule has 146 valence electrons. The third kappa shape index (κ3) is 3.95. The fourth-order valence-corrected chi connectivity index (χ4v) is 2.45. The molecule has 1 N–H and O–H groups in total. The van der Waals surface area contributed by atoms with Crippen molar-refractivity contribution in [2.45, 2.75) is 13.0 Å². The van der Waals surface area contributed by atoms with Crippen molar-refractivity contribution < 1.29 is 33.5 Å². The SMILES string of the molecule is COc1ccc([N+](=O)[O-])cc1NC(=O)[C@@H](C)OC(=O)c1ccc2c(c1)OCO2. The summed E-state index contributed by atoms with van der Waals surface area (Å²) in [5, 5.41) is 13.4. The largest absolute Gasteiger partial charge is 0.495 e. The van der Waals surface area contributed by atoms with Crippen LogP contribution in [0.1, 0.15) is 17.3 Å². The number of nitro groups is 1. The number of carbonyl (C=O) groups excluding carboxylic acids is 2. The molecule has 0 saturated carbocycles. The third-order valence-corrected chi connectivity index (χ3v) is 3.91. The van der Waals surface area contributed by atoms with E-state index in [1.54, 1.807) is 6.07 Å². The highest BCUT2D eigenvalue weighted by Crippen LogP contribution is 2.33. The molecule has 1 amide bonds. The number of benzene rings is 2. The molecule has 0 spiro atoms. The Kier molecular flexibility index (Phi) is 5.30. The molecule has 0 unspecified atom stereocenters. The molecule has 3 rings (SSSR count). The van der Waals surface area contributed by atoms with Crippen molar-refractivity contribution >= 4 is 23.3 Å². The lowest BCUT2D eigenvalue weighted by atomic mass is 10.2. The fourth-order valence-electron chi connectivity index (χ4n) is 2.45. The lowest BCUT2D eigenvalue weighted by Gasteiger charge is -2.15. The molecule has 0 saturated heterocycles. The van der Waals surface area contributed by atoms with E-state index in [2.05, 4.69) is 5.32 Å². The summed E-state index contributed by atoms with van der Waals surface area (Å²) < 4.78 is 20.6. The number of esters is 1. The van der Waals surface area contributed by atoms with Crippen LogP contribution in [-0.2, 0) is 9.53 Å². The monoisotopic (exact) mass is 388 g/mol. The Bertz CT molecular complexity index is 943. The van der Waals surface area contributed by atoms with Gasteiger partial charge in [-0.3, -0.25) is 14.9 Å². The Labute approximate surface area is 159 Å². The molecule has 10 nitrogen and oxygen atoms in total. The second-order valence-electron chi connectivity index (χ2n) is 5.75. The highest BCUT2D eigenvalue weighted by Gasteiger charge is 2.23. The summed E-state index contributed by atoms with van der Waals surface area (Å²) in [5.74, 6) is -0.249. The second kappa shape index (κ2) is 7.82. The summed E-state index contributed by atoms with van der Waals surface area (Å²) in [4.78, 5) is 34.9. The maximum absolute atomic E-state index is 12.4. The Hall–Kier alpha value is -3.82. The molecule has 0 fully saturated rings. The molecule has 2 aromatic rings. The summed E-state index contributed by atoms with van der Waals surface area (Å²) in [5.41, 5.74) is 0.0608. The van der Waals surface area contributed by atoms with Gasteiger partial charge in [0.25, 0.3) is 11.6 Å². The van der Waals surface area contributed by atoms with Crippen LogP contribution in [-0.4, -0.2) is 36.8 Å². The van der Waals surface area contributed by atoms with Gasteiger partial charge in [-0.2, -0.15) is 0 Å². The van der Waals surface area contributed by atoms with Crippen molar-refractivity contribution in [2.75, 3.05) is 19.2 Å². The normalized spacial score (nSPS) is 12.8. The molecular weight excluding hydrogens is 372 g/mol. The predicted octanol–water partition coefficient (Wildman–Crippen LogP) is 2.52. The number of amides is 1. The Balaban J connectivity index is 1.68. The number of nitro benzene ring substituents is 1. The van der Waals surface area contributed by atoms with Crippen molar-refractivity contribution in [1.29, 1.82) is 0 Å². The minimum Gasteiger partial charge on any atom is -0.495 e. The van der Waals surface area contributed by atoms with Crippen LogP contribution in [0, 0.1) is 10.1 Å². The van der Waals surface area contributed by atoms with Gasteiger partial charge in [-0.15, -0.1) is 0 Å². The van der Waals surface area contributed by atoms with Gasteiger partial charge in [0.05, 0.1) is 23.3 Å². The summed E-state index contributed by atoms with van der Waals surface area (Å²) in [6.45, 7) is 1.45. The standard InChI is InChI=1S/C18H16N2O8/c1-10(28-18(22)11-3-5-15-16(7-11)27-9-26-15)17(21)19-13-8-12(20(23)24)4-6-14(13)25-2/h3-8,10H,9H2,1-2H3,(H,19,21)/t10-/m1/s1. The number of nitrogens with zero attached hydrogens (tertiary/aromatic N) is 1. The van der Waals surface area contributed by atoms with Gasteiger partial charge in [0.1, 0.15) is 5.75 Å². The van der Waals surface area contributed by atoms with Gasteiger partial charge in [0, 0.05) is 12.1 Å². The van der Waals surface area contributed by atoms with Gasteiger partial charge in [-0.05, 0) is 31.2 Å². The first-order chi connectivity index (χ1) is 13.4. The van der Waals surface area contributed by atoms with E-state index in [1.165, 1.54) is 38.3 Å². The zero-order chi connectivity index (χ0) is 20.3. The van der Waals surface area contributed by atoms with Crippen LogP contribution in [0.4, 0.5) is 11.4 Å². The fraction of sp³-hybridized carbons (Fsp3) is 0.222. The highest BCUT2D eigenvalue weighted by molar-refractivity contribution is 5.98. The van der Waals surface area contributed by atoms with E-state index in [0.29, 0.717) is 11.5 Å². The van der Waals surface area contributed by atoms with Gasteiger partial charge in [0.15, 0.2) is 17.6 Å². The zero-order valence-electron chi connectivity index (χ0n) is 15.0. The van der Waals surface area contributed by atoms with E-state index in [-0.39, 0.29) is 29.5 Å². The molecule has 1 aliphatic rings. The summed E-state index contributed by atoms with van der Waals surface area (Å²) in [6, 6.07) is 8.28. The molecule has 0 radical (unpaired) electrons. The number of carbonyl (C=O) groups is 2. The van der Waals surface area contributed by atoms with Crippen LogP contribution in [0.25, 0.3) is 0 Å². The van der Waals surface area contributed by atoms with Gasteiger partial charge in [-0.25, -0.2) is 4.79 Å². The molecule has 0 aliphatic carbocycles. The maximum atomic E-state index is 12.4. The Morgan fingerprint density at radius 1 is 1.18 bits per heavy atom. The number of methoxy groups -OCH3 is 1. The zero-order valence-corrected chi connectivity index (χ0v) is 15.0. The molecule has 0 bridgehead atoms. The van der Waals surface area contributed by atoms with Crippen LogP contribution in [0.3, 0.4) is 0 Å². The van der Waals surface area contributed by atoms with Crippen LogP contribution in [0.15, 0.2) is 36.4 Å². The molecule has 0 aromatic heterocycles. The predicted molar refractivity (Wildman–Crippen MR) is 95.7 cm³/mol. The van der Waals surface area contributed by atoms with Crippen molar-refractivity contribution in [2.24, 2.45) is 0 Å². The van der Waals surface area contributed by atoms with Crippen molar-refractivity contribution in [3.05, 3.63) is 52.1 Å². The molecule has 1 atom stereocenters. The lowest BCUT2D eigenvalue weighted by Crippen LogP contribution is -2.30. The van der Waals surface area contributed by atoms with Crippen molar-refractivity contribution in [3.8, 4) is 17.2 Å². The highest BCUT2D eigenvalue weighted by atomic mass is 16.7. The number of rotatable bonds is 6. The average molecular weight is 388 g/mol. The topological polar surface area (TPSA) is 126 Å². The minimum absolute atomic E-state index is 0.0672. The average Bonchev–Trinajstić information content (AvgIpc) is 3.15. The number of hydrogen-bond acceptors (Lipinski definition) is 8. The molecule has 28 heavy (non-hydrogen) atoms.